The predicted octanol–water partition coefficient (Wildman–Crippen LogP) is 6.59. The molecule has 0 fully saturated rings. The molecular weight excluding hydrogens is 352 g/mol. The topological polar surface area (TPSA) is 66.8 Å². The Morgan fingerprint density at radius 3 is 1.64 bits per heavy atom. The van der Waals surface area contributed by atoms with Crippen LogP contribution in [0.5, 0.6) is 0 Å². The van der Waals surface area contributed by atoms with Gasteiger partial charge in [-0.05, 0) is 56.8 Å². The quantitative estimate of drug-likeness (QED) is 0.226. The number of carboxylic acid groups (broad SMARTS) is 1. The van der Waals surface area contributed by atoms with Crippen LogP contribution in [0.2, 0.25) is 0 Å². The summed E-state index contributed by atoms with van der Waals surface area (Å²) >= 11 is 0. The third-order valence-electron chi connectivity index (χ3n) is 7.11. The number of aliphatic carboxylic acids is 1. The molecule has 168 valence electrons. The molecule has 0 radical (unpaired) electrons. The molecule has 0 aliphatic heterocycles. The van der Waals surface area contributed by atoms with Gasteiger partial charge in [0.1, 0.15) is 0 Å². The van der Waals surface area contributed by atoms with Crippen LogP contribution in [0, 0.1) is 10.8 Å². The molecule has 0 heterocycles. The summed E-state index contributed by atoms with van der Waals surface area (Å²) in [6.07, 6.45) is 14.7. The Morgan fingerprint density at radius 2 is 1.21 bits per heavy atom. The van der Waals surface area contributed by atoms with E-state index < -0.39 is 11.4 Å². The number of ether oxygens (including phenoxy) is 1. The van der Waals surface area contributed by atoms with Crippen LogP contribution < -0.4 is 0 Å². The normalized spacial score (nSPS) is 12.5. The third kappa shape index (κ3) is 10.2. The van der Waals surface area contributed by atoms with Gasteiger partial charge in [-0.1, -0.05) is 66.2 Å². The third-order valence-corrected chi connectivity index (χ3v) is 7.11. The Labute approximate surface area is 174 Å². The summed E-state index contributed by atoms with van der Waals surface area (Å²) in [6, 6.07) is 0. The van der Waals surface area contributed by atoms with Crippen molar-refractivity contribution in [1.29, 1.82) is 0 Å². The molecule has 0 saturated heterocycles. The highest BCUT2D eigenvalue weighted by Gasteiger charge is 2.33. The maximum atomic E-state index is 11.5. The fourth-order valence-electron chi connectivity index (χ4n) is 4.36. The lowest BCUT2D eigenvalue weighted by Gasteiger charge is -2.32. The van der Waals surface area contributed by atoms with Crippen molar-refractivity contribution in [3.63, 3.8) is 0 Å². The van der Waals surface area contributed by atoms with Gasteiger partial charge >= 0.3 is 5.97 Å². The van der Waals surface area contributed by atoms with Gasteiger partial charge in [-0.15, -0.1) is 0 Å². The van der Waals surface area contributed by atoms with E-state index in [1.54, 1.807) is 0 Å². The molecule has 4 heteroatoms. The highest BCUT2D eigenvalue weighted by molar-refractivity contribution is 5.74. The Morgan fingerprint density at radius 1 is 0.714 bits per heavy atom. The lowest BCUT2D eigenvalue weighted by Crippen LogP contribution is -2.29. The van der Waals surface area contributed by atoms with E-state index in [-0.39, 0.29) is 0 Å². The minimum atomic E-state index is -0.648. The van der Waals surface area contributed by atoms with Crippen LogP contribution >= 0.6 is 0 Å². The fraction of sp³-hybridized carbons (Fsp3) is 0.958. The zero-order chi connectivity index (χ0) is 21.3. The van der Waals surface area contributed by atoms with E-state index in [2.05, 4.69) is 13.8 Å². The zero-order valence-electron chi connectivity index (χ0n) is 19.2. The van der Waals surface area contributed by atoms with Crippen LogP contribution in [0.15, 0.2) is 0 Å². The minimum Gasteiger partial charge on any atom is -0.481 e. The molecular formula is C24H48O4. The molecule has 28 heavy (non-hydrogen) atoms. The molecule has 0 aromatic carbocycles. The number of aliphatic hydroxyl groups excluding tert-OH is 1. The molecule has 0 rings (SSSR count). The molecule has 0 atom stereocenters. The second-order valence-electron chi connectivity index (χ2n) is 8.56. The maximum absolute atomic E-state index is 11.5. The SMILES string of the molecule is CCC(CC)(CCCCCO)CCCCOCCCCC(CC)(CC)C(=O)O. The standard InChI is InChI=1S/C24H48O4/c1-5-23(6-2,16-10-9-13-19-25)17-11-14-20-28-21-15-12-18-24(7-3,8-4)22(26)27/h25H,5-21H2,1-4H3,(H,26,27). The highest BCUT2D eigenvalue weighted by Crippen LogP contribution is 2.38. The first-order chi connectivity index (χ1) is 13.5. The number of carbonyl (C=O) groups is 1. The van der Waals surface area contributed by atoms with Gasteiger partial charge in [0.25, 0.3) is 0 Å². The number of rotatable bonds is 20. The van der Waals surface area contributed by atoms with Gasteiger partial charge in [0.15, 0.2) is 0 Å². The van der Waals surface area contributed by atoms with Gasteiger partial charge in [0.05, 0.1) is 5.41 Å². The first-order valence-electron chi connectivity index (χ1n) is 11.9. The number of hydrogen-bond donors (Lipinski definition) is 2. The van der Waals surface area contributed by atoms with Crippen molar-refractivity contribution in [1.82, 2.24) is 0 Å². The van der Waals surface area contributed by atoms with Crippen LogP contribution in [0.25, 0.3) is 0 Å². The second kappa shape index (κ2) is 16.2. The van der Waals surface area contributed by atoms with Gasteiger partial charge in [0.2, 0.25) is 0 Å². The summed E-state index contributed by atoms with van der Waals surface area (Å²) in [5.74, 6) is -0.648. The maximum Gasteiger partial charge on any atom is 0.309 e. The van der Waals surface area contributed by atoms with E-state index in [4.69, 9.17) is 9.84 Å². The molecule has 0 saturated carbocycles. The molecule has 0 amide bonds. The van der Waals surface area contributed by atoms with Crippen molar-refractivity contribution in [3.05, 3.63) is 0 Å². The van der Waals surface area contributed by atoms with E-state index in [1.165, 1.54) is 38.5 Å². The predicted molar refractivity (Wildman–Crippen MR) is 118 cm³/mol. The Hall–Kier alpha value is -0.610. The molecule has 0 unspecified atom stereocenters. The Kier molecular flexibility index (Phi) is 15.9. The molecule has 0 aliphatic carbocycles. The number of aliphatic hydroxyl groups is 1. The largest absolute Gasteiger partial charge is 0.481 e. The number of unbranched alkanes of at least 4 members (excludes halogenated alkanes) is 4. The zero-order valence-corrected chi connectivity index (χ0v) is 19.2. The summed E-state index contributed by atoms with van der Waals surface area (Å²) in [4.78, 5) is 11.5. The lowest BCUT2D eigenvalue weighted by molar-refractivity contribution is -0.150. The van der Waals surface area contributed by atoms with Crippen LogP contribution in [-0.2, 0) is 9.53 Å². The summed E-state index contributed by atoms with van der Waals surface area (Å²) in [5, 5.41) is 18.4. The van der Waals surface area contributed by atoms with E-state index in [0.717, 1.165) is 51.7 Å². The monoisotopic (exact) mass is 400 g/mol. The van der Waals surface area contributed by atoms with E-state index in [0.29, 0.717) is 24.9 Å². The molecule has 4 nitrogen and oxygen atoms in total. The van der Waals surface area contributed by atoms with Gasteiger partial charge < -0.3 is 14.9 Å². The average Bonchev–Trinajstić information content (AvgIpc) is 2.71. The summed E-state index contributed by atoms with van der Waals surface area (Å²) in [5.41, 5.74) is -0.0727. The summed E-state index contributed by atoms with van der Waals surface area (Å²) in [7, 11) is 0. The molecule has 0 aliphatic rings. The molecule has 0 spiro atoms. The first kappa shape index (κ1) is 27.4. The smallest absolute Gasteiger partial charge is 0.309 e. The lowest BCUT2D eigenvalue weighted by atomic mass is 9.74. The van der Waals surface area contributed by atoms with Gasteiger partial charge in [-0.3, -0.25) is 4.79 Å². The molecule has 0 aromatic heterocycles. The molecule has 0 aromatic rings. The van der Waals surface area contributed by atoms with Gasteiger partial charge in [0, 0.05) is 19.8 Å². The van der Waals surface area contributed by atoms with E-state index in [9.17, 15) is 9.90 Å². The molecule has 0 bridgehead atoms. The summed E-state index contributed by atoms with van der Waals surface area (Å²) in [6.45, 7) is 10.5. The van der Waals surface area contributed by atoms with Crippen molar-refractivity contribution in [2.75, 3.05) is 19.8 Å². The average molecular weight is 401 g/mol. The fourth-order valence-corrected chi connectivity index (χ4v) is 4.36. The summed E-state index contributed by atoms with van der Waals surface area (Å²) < 4.78 is 5.80. The van der Waals surface area contributed by atoms with Crippen LogP contribution in [-0.4, -0.2) is 36.0 Å². The van der Waals surface area contributed by atoms with Crippen molar-refractivity contribution in [2.45, 2.75) is 118 Å². The minimum absolute atomic E-state index is 0.316. The van der Waals surface area contributed by atoms with Gasteiger partial charge in [-0.25, -0.2) is 0 Å². The highest BCUT2D eigenvalue weighted by atomic mass is 16.5. The Balaban J connectivity index is 3.90. The van der Waals surface area contributed by atoms with Crippen molar-refractivity contribution < 1.29 is 19.7 Å². The van der Waals surface area contributed by atoms with Crippen molar-refractivity contribution in [2.24, 2.45) is 10.8 Å². The van der Waals surface area contributed by atoms with Crippen LogP contribution in [0.4, 0.5) is 0 Å². The van der Waals surface area contributed by atoms with Crippen LogP contribution in [0.1, 0.15) is 118 Å². The Bertz CT molecular complexity index is 373. The van der Waals surface area contributed by atoms with Crippen molar-refractivity contribution >= 4 is 5.97 Å². The van der Waals surface area contributed by atoms with E-state index >= 15 is 0 Å². The molecule has 2 N–H and O–H groups in total. The second-order valence-corrected chi connectivity index (χ2v) is 8.56. The van der Waals surface area contributed by atoms with Gasteiger partial charge in [-0.2, -0.15) is 0 Å². The number of carboxylic acids is 1. The van der Waals surface area contributed by atoms with Crippen molar-refractivity contribution in [3.8, 4) is 0 Å². The van der Waals surface area contributed by atoms with Crippen LogP contribution in [0.3, 0.4) is 0 Å². The number of hydrogen-bond acceptors (Lipinski definition) is 3. The first-order valence-corrected chi connectivity index (χ1v) is 11.9. The van der Waals surface area contributed by atoms with E-state index in [1.807, 2.05) is 13.8 Å².